The summed E-state index contributed by atoms with van der Waals surface area (Å²) < 4.78 is 0. The van der Waals surface area contributed by atoms with Crippen molar-refractivity contribution in [3.05, 3.63) is 0 Å². The highest BCUT2D eigenvalue weighted by atomic mass is 32.2. The SMILES string of the molecule is C1CSCCN(CCC2CC3CCC(C2)N3)C1. The van der Waals surface area contributed by atoms with Crippen LogP contribution in [0.4, 0.5) is 0 Å². The van der Waals surface area contributed by atoms with Crippen molar-refractivity contribution in [1.82, 2.24) is 10.2 Å². The minimum atomic E-state index is 0.874. The van der Waals surface area contributed by atoms with E-state index in [1.807, 2.05) is 0 Å². The fraction of sp³-hybridized carbons (Fsp3) is 1.00. The molecule has 3 aliphatic rings. The normalized spacial score (nSPS) is 39.2. The highest BCUT2D eigenvalue weighted by Gasteiger charge is 2.33. The van der Waals surface area contributed by atoms with Gasteiger partial charge in [-0.1, -0.05) is 0 Å². The van der Waals surface area contributed by atoms with E-state index in [0.29, 0.717) is 0 Å². The summed E-state index contributed by atoms with van der Waals surface area (Å²) >= 11 is 2.14. The molecule has 2 nitrogen and oxygen atoms in total. The zero-order chi connectivity index (χ0) is 11.5. The molecule has 3 heterocycles. The van der Waals surface area contributed by atoms with Gasteiger partial charge in [-0.05, 0) is 63.3 Å². The Morgan fingerprint density at radius 1 is 1.06 bits per heavy atom. The second kappa shape index (κ2) is 5.94. The molecule has 2 atom stereocenters. The second-order valence-electron chi connectivity index (χ2n) is 6.07. The molecule has 2 unspecified atom stereocenters. The molecule has 0 aromatic rings. The van der Waals surface area contributed by atoms with Crippen LogP contribution in [-0.4, -0.2) is 48.1 Å². The minimum Gasteiger partial charge on any atom is -0.311 e. The van der Waals surface area contributed by atoms with Crippen molar-refractivity contribution in [3.63, 3.8) is 0 Å². The molecule has 3 rings (SSSR count). The molecule has 0 aromatic heterocycles. The van der Waals surface area contributed by atoms with Crippen LogP contribution in [0.3, 0.4) is 0 Å². The minimum absolute atomic E-state index is 0.874. The fourth-order valence-corrected chi connectivity index (χ4v) is 4.72. The first-order chi connectivity index (χ1) is 8.40. The standard InChI is InChI=1S/C14H26N2S/c1-5-16(7-9-17-8-1)6-4-12-10-13-2-3-14(11-12)15-13/h12-15H,1-11H2. The molecular formula is C14H26N2S. The van der Waals surface area contributed by atoms with Crippen LogP contribution in [-0.2, 0) is 0 Å². The molecule has 0 saturated carbocycles. The number of hydrogen-bond donors (Lipinski definition) is 1. The molecule has 3 heteroatoms. The van der Waals surface area contributed by atoms with E-state index in [2.05, 4.69) is 22.0 Å². The quantitative estimate of drug-likeness (QED) is 0.832. The van der Waals surface area contributed by atoms with E-state index in [4.69, 9.17) is 0 Å². The monoisotopic (exact) mass is 254 g/mol. The van der Waals surface area contributed by atoms with E-state index in [1.165, 1.54) is 69.7 Å². The predicted octanol–water partition coefficient (Wildman–Crippen LogP) is 2.35. The molecule has 3 fully saturated rings. The Hall–Kier alpha value is 0.270. The fourth-order valence-electron chi connectivity index (χ4n) is 3.80. The van der Waals surface area contributed by atoms with Gasteiger partial charge in [0.2, 0.25) is 0 Å². The van der Waals surface area contributed by atoms with Gasteiger partial charge in [0.25, 0.3) is 0 Å². The van der Waals surface area contributed by atoms with Gasteiger partial charge < -0.3 is 10.2 Å². The van der Waals surface area contributed by atoms with Crippen LogP contribution in [0.2, 0.25) is 0 Å². The topological polar surface area (TPSA) is 15.3 Å². The summed E-state index contributed by atoms with van der Waals surface area (Å²) in [5.74, 6) is 3.76. The van der Waals surface area contributed by atoms with Crippen molar-refractivity contribution in [2.24, 2.45) is 5.92 Å². The number of nitrogens with zero attached hydrogens (tertiary/aromatic N) is 1. The lowest BCUT2D eigenvalue weighted by atomic mass is 9.89. The van der Waals surface area contributed by atoms with E-state index in [0.717, 1.165) is 18.0 Å². The van der Waals surface area contributed by atoms with Gasteiger partial charge in [0, 0.05) is 24.4 Å². The predicted molar refractivity (Wildman–Crippen MR) is 75.7 cm³/mol. The summed E-state index contributed by atoms with van der Waals surface area (Å²) in [5, 5.41) is 3.75. The van der Waals surface area contributed by atoms with Crippen molar-refractivity contribution in [3.8, 4) is 0 Å². The summed E-state index contributed by atoms with van der Waals surface area (Å²) in [4.78, 5) is 2.71. The molecule has 0 spiro atoms. The number of thioether (sulfide) groups is 1. The van der Waals surface area contributed by atoms with Crippen LogP contribution >= 0.6 is 11.8 Å². The third-order valence-electron chi connectivity index (χ3n) is 4.74. The molecule has 98 valence electrons. The lowest BCUT2D eigenvalue weighted by molar-refractivity contribution is 0.227. The Morgan fingerprint density at radius 2 is 1.88 bits per heavy atom. The largest absolute Gasteiger partial charge is 0.311 e. The molecule has 0 amide bonds. The Bertz CT molecular complexity index is 226. The maximum absolute atomic E-state index is 3.75. The number of hydrogen-bond acceptors (Lipinski definition) is 3. The summed E-state index contributed by atoms with van der Waals surface area (Å²) in [5.41, 5.74) is 0. The van der Waals surface area contributed by atoms with E-state index < -0.39 is 0 Å². The Kier molecular flexibility index (Phi) is 4.30. The zero-order valence-electron chi connectivity index (χ0n) is 10.9. The van der Waals surface area contributed by atoms with Gasteiger partial charge in [-0.25, -0.2) is 0 Å². The van der Waals surface area contributed by atoms with Crippen LogP contribution in [0.15, 0.2) is 0 Å². The van der Waals surface area contributed by atoms with E-state index >= 15 is 0 Å². The number of fused-ring (bicyclic) bond motifs is 2. The van der Waals surface area contributed by atoms with Crippen LogP contribution < -0.4 is 5.32 Å². The Morgan fingerprint density at radius 3 is 2.71 bits per heavy atom. The molecule has 1 N–H and O–H groups in total. The molecule has 0 aromatic carbocycles. The average Bonchev–Trinajstić information content (AvgIpc) is 2.59. The molecule has 2 bridgehead atoms. The van der Waals surface area contributed by atoms with Gasteiger partial charge in [0.15, 0.2) is 0 Å². The summed E-state index contributed by atoms with van der Waals surface area (Å²) in [6.45, 7) is 4.05. The van der Waals surface area contributed by atoms with Gasteiger partial charge >= 0.3 is 0 Å². The van der Waals surface area contributed by atoms with Gasteiger partial charge in [0.05, 0.1) is 0 Å². The maximum Gasteiger partial charge on any atom is 0.00728 e. The van der Waals surface area contributed by atoms with E-state index in [1.54, 1.807) is 0 Å². The Balaban J connectivity index is 1.41. The van der Waals surface area contributed by atoms with Gasteiger partial charge in [0.1, 0.15) is 0 Å². The summed E-state index contributed by atoms with van der Waals surface area (Å²) in [7, 11) is 0. The molecule has 0 aliphatic carbocycles. The van der Waals surface area contributed by atoms with Crippen LogP contribution in [0.25, 0.3) is 0 Å². The van der Waals surface area contributed by atoms with Crippen molar-refractivity contribution in [1.29, 1.82) is 0 Å². The third-order valence-corrected chi connectivity index (χ3v) is 5.79. The molecule has 3 aliphatic heterocycles. The van der Waals surface area contributed by atoms with Crippen LogP contribution in [0, 0.1) is 5.92 Å². The first-order valence-corrected chi connectivity index (χ1v) is 8.62. The smallest absolute Gasteiger partial charge is 0.00728 e. The third kappa shape index (κ3) is 3.39. The van der Waals surface area contributed by atoms with Crippen molar-refractivity contribution < 1.29 is 0 Å². The number of rotatable bonds is 3. The highest BCUT2D eigenvalue weighted by molar-refractivity contribution is 7.99. The maximum atomic E-state index is 3.75. The van der Waals surface area contributed by atoms with Crippen molar-refractivity contribution in [2.45, 2.75) is 50.6 Å². The van der Waals surface area contributed by atoms with Crippen molar-refractivity contribution in [2.75, 3.05) is 31.1 Å². The van der Waals surface area contributed by atoms with E-state index in [-0.39, 0.29) is 0 Å². The molecule has 17 heavy (non-hydrogen) atoms. The highest BCUT2D eigenvalue weighted by Crippen LogP contribution is 2.32. The van der Waals surface area contributed by atoms with Gasteiger partial charge in [-0.3, -0.25) is 0 Å². The first kappa shape index (κ1) is 12.3. The first-order valence-electron chi connectivity index (χ1n) is 7.46. The second-order valence-corrected chi connectivity index (χ2v) is 7.30. The lowest BCUT2D eigenvalue weighted by Crippen LogP contribution is -2.39. The molecule has 3 saturated heterocycles. The van der Waals surface area contributed by atoms with Crippen LogP contribution in [0.5, 0.6) is 0 Å². The van der Waals surface area contributed by atoms with E-state index in [9.17, 15) is 0 Å². The number of piperidine rings is 1. The van der Waals surface area contributed by atoms with Gasteiger partial charge in [-0.15, -0.1) is 0 Å². The lowest BCUT2D eigenvalue weighted by Gasteiger charge is -2.30. The summed E-state index contributed by atoms with van der Waals surface area (Å²) in [6, 6.07) is 1.75. The average molecular weight is 254 g/mol. The van der Waals surface area contributed by atoms with Crippen molar-refractivity contribution >= 4 is 11.8 Å². The summed E-state index contributed by atoms with van der Waals surface area (Å²) in [6.07, 6.45) is 8.67. The molecular weight excluding hydrogens is 228 g/mol. The zero-order valence-corrected chi connectivity index (χ0v) is 11.7. The Labute approximate surface area is 110 Å². The van der Waals surface area contributed by atoms with Crippen LogP contribution in [0.1, 0.15) is 38.5 Å². The number of nitrogens with one attached hydrogen (secondary N) is 1. The molecule has 0 radical (unpaired) electrons. The van der Waals surface area contributed by atoms with Gasteiger partial charge in [-0.2, -0.15) is 11.8 Å².